The van der Waals surface area contributed by atoms with Crippen LogP contribution in [-0.2, 0) is 6.54 Å². The summed E-state index contributed by atoms with van der Waals surface area (Å²) in [6, 6.07) is 11.1. The first kappa shape index (κ1) is 27.9. The van der Waals surface area contributed by atoms with Crippen LogP contribution in [0.2, 0.25) is 0 Å². The van der Waals surface area contributed by atoms with E-state index in [9.17, 15) is 4.79 Å². The van der Waals surface area contributed by atoms with Gasteiger partial charge in [-0.25, -0.2) is 0 Å². The van der Waals surface area contributed by atoms with E-state index in [-0.39, 0.29) is 11.0 Å². The maximum Gasteiger partial charge on any atom is 0.261 e. The summed E-state index contributed by atoms with van der Waals surface area (Å²) >= 11 is 8.76. The number of nitrogens with one attached hydrogen (secondary N) is 2. The molecule has 2 aromatic rings. The summed E-state index contributed by atoms with van der Waals surface area (Å²) in [6.07, 6.45) is 1.88. The first-order chi connectivity index (χ1) is 16.2. The first-order valence-electron chi connectivity index (χ1n) is 11.5. The fraction of sp³-hybridized carbons (Fsp3) is 0.462. The third-order valence-electron chi connectivity index (χ3n) is 5.00. The molecule has 8 heteroatoms. The van der Waals surface area contributed by atoms with Crippen molar-refractivity contribution in [2.45, 2.75) is 47.1 Å². The molecular formula is C26H35BrN2O4S. The fourth-order valence-electron chi connectivity index (χ4n) is 2.95. The van der Waals surface area contributed by atoms with Gasteiger partial charge in [-0.3, -0.25) is 10.1 Å². The number of amides is 1. The van der Waals surface area contributed by atoms with Gasteiger partial charge in [0.15, 0.2) is 16.6 Å². The number of methoxy groups -OCH3 is 1. The van der Waals surface area contributed by atoms with Gasteiger partial charge >= 0.3 is 0 Å². The van der Waals surface area contributed by atoms with E-state index < -0.39 is 0 Å². The molecule has 186 valence electrons. The van der Waals surface area contributed by atoms with Crippen LogP contribution >= 0.6 is 28.1 Å². The Morgan fingerprint density at radius 2 is 1.56 bits per heavy atom. The van der Waals surface area contributed by atoms with Crippen molar-refractivity contribution in [3.63, 3.8) is 0 Å². The molecular weight excluding hydrogens is 516 g/mol. The highest BCUT2D eigenvalue weighted by Crippen LogP contribution is 2.28. The molecule has 0 atom stereocenters. The Bertz CT molecular complexity index is 966. The molecule has 0 spiro atoms. The van der Waals surface area contributed by atoms with Gasteiger partial charge in [-0.1, -0.05) is 49.7 Å². The van der Waals surface area contributed by atoms with E-state index in [1.165, 1.54) is 0 Å². The number of benzene rings is 2. The molecule has 2 rings (SSSR count). The van der Waals surface area contributed by atoms with E-state index in [0.29, 0.717) is 54.4 Å². The molecule has 0 saturated carbocycles. The molecule has 0 fully saturated rings. The molecule has 0 bridgehead atoms. The minimum absolute atomic E-state index is 0.231. The van der Waals surface area contributed by atoms with Gasteiger partial charge in [0.05, 0.1) is 25.9 Å². The lowest BCUT2D eigenvalue weighted by Gasteiger charge is -2.15. The molecule has 2 aromatic carbocycles. The SMILES string of the molecule is COc1cc(CNC(=S)NC(=O)c2cc(Br)ccc2OCCC(C)C)ccc1OCCC(C)C. The highest BCUT2D eigenvalue weighted by atomic mass is 79.9. The van der Waals surface area contributed by atoms with Crippen molar-refractivity contribution in [3.8, 4) is 17.2 Å². The highest BCUT2D eigenvalue weighted by molar-refractivity contribution is 9.10. The Morgan fingerprint density at radius 1 is 0.941 bits per heavy atom. The van der Waals surface area contributed by atoms with E-state index in [0.717, 1.165) is 22.9 Å². The van der Waals surface area contributed by atoms with Crippen LogP contribution in [0.4, 0.5) is 0 Å². The standard InChI is InChI=1S/C26H35BrN2O4S/c1-17(2)10-12-32-22-9-7-20(27)15-21(22)25(30)29-26(34)28-16-19-6-8-23(24(14-19)31-5)33-13-11-18(3)4/h6-9,14-15,17-18H,10-13,16H2,1-5H3,(H2,28,29,30,34). The van der Waals surface area contributed by atoms with Crippen LogP contribution in [0.1, 0.15) is 56.5 Å². The molecule has 6 nitrogen and oxygen atoms in total. The number of carbonyl (C=O) groups excluding carboxylic acids is 1. The second kappa shape index (κ2) is 14.2. The second-order valence-electron chi connectivity index (χ2n) is 8.82. The average molecular weight is 552 g/mol. The number of rotatable bonds is 12. The van der Waals surface area contributed by atoms with Crippen molar-refractivity contribution in [2.24, 2.45) is 11.8 Å². The minimum Gasteiger partial charge on any atom is -0.493 e. The predicted molar refractivity (Wildman–Crippen MR) is 144 cm³/mol. The highest BCUT2D eigenvalue weighted by Gasteiger charge is 2.15. The minimum atomic E-state index is -0.329. The van der Waals surface area contributed by atoms with Crippen molar-refractivity contribution in [1.29, 1.82) is 0 Å². The molecule has 0 radical (unpaired) electrons. The van der Waals surface area contributed by atoms with Crippen LogP contribution in [0, 0.1) is 11.8 Å². The van der Waals surface area contributed by atoms with Crippen molar-refractivity contribution >= 4 is 39.2 Å². The van der Waals surface area contributed by atoms with Gasteiger partial charge in [-0.15, -0.1) is 0 Å². The van der Waals surface area contributed by atoms with E-state index in [1.54, 1.807) is 19.2 Å². The first-order valence-corrected chi connectivity index (χ1v) is 12.7. The van der Waals surface area contributed by atoms with Gasteiger partial charge in [0, 0.05) is 11.0 Å². The Kier molecular flexibility index (Phi) is 11.6. The van der Waals surface area contributed by atoms with Gasteiger partial charge in [-0.05, 0) is 72.8 Å². The maximum atomic E-state index is 12.9. The molecule has 0 aliphatic heterocycles. The van der Waals surface area contributed by atoms with Crippen molar-refractivity contribution in [3.05, 3.63) is 52.0 Å². The van der Waals surface area contributed by atoms with Gasteiger partial charge in [0.2, 0.25) is 0 Å². The van der Waals surface area contributed by atoms with Gasteiger partial charge in [-0.2, -0.15) is 0 Å². The Labute approximate surface area is 216 Å². The molecule has 1 amide bonds. The number of thiocarbonyl (C=S) groups is 1. The Hall–Kier alpha value is -2.32. The average Bonchev–Trinajstić information content (AvgIpc) is 2.78. The summed E-state index contributed by atoms with van der Waals surface area (Å²) in [5.41, 5.74) is 1.37. The molecule has 0 heterocycles. The quantitative estimate of drug-likeness (QED) is 0.310. The van der Waals surface area contributed by atoms with E-state index in [4.69, 9.17) is 26.4 Å². The predicted octanol–water partition coefficient (Wildman–Crippen LogP) is 6.11. The summed E-state index contributed by atoms with van der Waals surface area (Å²) in [4.78, 5) is 12.9. The third kappa shape index (κ3) is 9.50. The maximum absolute atomic E-state index is 12.9. The van der Waals surface area contributed by atoms with Crippen LogP contribution in [0.25, 0.3) is 0 Å². The smallest absolute Gasteiger partial charge is 0.261 e. The van der Waals surface area contributed by atoms with Gasteiger partial charge in [0.25, 0.3) is 5.91 Å². The van der Waals surface area contributed by atoms with Gasteiger partial charge < -0.3 is 19.5 Å². The second-order valence-corrected chi connectivity index (χ2v) is 10.1. The summed E-state index contributed by atoms with van der Waals surface area (Å²) < 4.78 is 17.9. The Morgan fingerprint density at radius 3 is 2.18 bits per heavy atom. The lowest BCUT2D eigenvalue weighted by atomic mass is 10.1. The van der Waals surface area contributed by atoms with Crippen LogP contribution in [0.3, 0.4) is 0 Å². The molecule has 0 aromatic heterocycles. The number of hydrogen-bond acceptors (Lipinski definition) is 5. The molecule has 0 aliphatic carbocycles. The van der Waals surface area contributed by atoms with Crippen molar-refractivity contribution in [1.82, 2.24) is 10.6 Å². The summed E-state index contributed by atoms with van der Waals surface area (Å²) in [7, 11) is 1.62. The van der Waals surface area contributed by atoms with E-state index in [1.807, 2.05) is 24.3 Å². The molecule has 0 saturated heterocycles. The fourth-order valence-corrected chi connectivity index (χ4v) is 3.48. The lowest BCUT2D eigenvalue weighted by Crippen LogP contribution is -2.39. The van der Waals surface area contributed by atoms with Crippen molar-refractivity contribution in [2.75, 3.05) is 20.3 Å². The lowest BCUT2D eigenvalue weighted by molar-refractivity contribution is 0.0972. The zero-order chi connectivity index (χ0) is 25.1. The number of carbonyl (C=O) groups is 1. The Balaban J connectivity index is 1.95. The van der Waals surface area contributed by atoms with Crippen LogP contribution in [0.5, 0.6) is 17.2 Å². The normalized spacial score (nSPS) is 10.8. The molecule has 2 N–H and O–H groups in total. The van der Waals surface area contributed by atoms with E-state index in [2.05, 4.69) is 54.3 Å². The molecule has 0 aliphatic rings. The van der Waals surface area contributed by atoms with Gasteiger partial charge in [0.1, 0.15) is 5.75 Å². The topological polar surface area (TPSA) is 68.8 Å². The van der Waals surface area contributed by atoms with Crippen molar-refractivity contribution < 1.29 is 19.0 Å². The number of ether oxygens (including phenoxy) is 3. The number of hydrogen-bond donors (Lipinski definition) is 2. The summed E-state index contributed by atoms with van der Waals surface area (Å²) in [5.74, 6) is 2.67. The monoisotopic (exact) mass is 550 g/mol. The molecule has 34 heavy (non-hydrogen) atoms. The molecule has 0 unspecified atom stereocenters. The van der Waals surface area contributed by atoms with Crippen LogP contribution in [0.15, 0.2) is 40.9 Å². The zero-order valence-electron chi connectivity index (χ0n) is 20.6. The third-order valence-corrected chi connectivity index (χ3v) is 5.74. The summed E-state index contributed by atoms with van der Waals surface area (Å²) in [5, 5.41) is 6.04. The number of halogens is 1. The largest absolute Gasteiger partial charge is 0.493 e. The zero-order valence-corrected chi connectivity index (χ0v) is 23.0. The van der Waals surface area contributed by atoms with Crippen LogP contribution in [-0.4, -0.2) is 31.3 Å². The van der Waals surface area contributed by atoms with E-state index >= 15 is 0 Å². The van der Waals surface area contributed by atoms with Crippen LogP contribution < -0.4 is 24.8 Å². The summed E-state index contributed by atoms with van der Waals surface area (Å²) in [6.45, 7) is 10.2.